The first-order valence-electron chi connectivity index (χ1n) is 5.91. The van der Waals surface area contributed by atoms with Gasteiger partial charge in [0.2, 0.25) is 0 Å². The minimum absolute atomic E-state index is 0.0162. The lowest BCUT2D eigenvalue weighted by molar-refractivity contribution is -0.167. The highest BCUT2D eigenvalue weighted by molar-refractivity contribution is 5.79. The number of rotatable bonds is 1. The molecule has 1 aliphatic heterocycles. The maximum absolute atomic E-state index is 12.2. The van der Waals surface area contributed by atoms with Gasteiger partial charge in [-0.15, -0.1) is 0 Å². The Bertz CT molecular complexity index is 257. The molecule has 0 aromatic heterocycles. The third-order valence-electron chi connectivity index (χ3n) is 3.55. The molecule has 3 heteroatoms. The first-order chi connectivity index (χ1) is 6.94. The Morgan fingerprint density at radius 3 is 2.80 bits per heavy atom. The average molecular weight is 211 g/mol. The van der Waals surface area contributed by atoms with Crippen molar-refractivity contribution < 1.29 is 9.53 Å². The molecule has 2 fully saturated rings. The second kappa shape index (κ2) is 3.48. The van der Waals surface area contributed by atoms with E-state index in [4.69, 9.17) is 4.74 Å². The topological polar surface area (TPSA) is 38.3 Å². The zero-order valence-electron chi connectivity index (χ0n) is 9.93. The molecule has 15 heavy (non-hydrogen) atoms. The van der Waals surface area contributed by atoms with Crippen LogP contribution in [-0.2, 0) is 9.53 Å². The molecule has 1 N–H and O–H groups in total. The van der Waals surface area contributed by atoms with Crippen molar-refractivity contribution in [3.05, 3.63) is 0 Å². The number of fused-ring (bicyclic) bond motifs is 1. The van der Waals surface area contributed by atoms with Crippen LogP contribution in [0.25, 0.3) is 0 Å². The third kappa shape index (κ3) is 1.89. The maximum atomic E-state index is 12.2. The molecule has 0 spiro atoms. The number of esters is 1. The smallest absolute Gasteiger partial charge is 0.314 e. The fraction of sp³-hybridized carbons (Fsp3) is 0.917. The van der Waals surface area contributed by atoms with Crippen LogP contribution in [-0.4, -0.2) is 24.2 Å². The quantitative estimate of drug-likeness (QED) is 0.673. The Morgan fingerprint density at radius 1 is 1.40 bits per heavy atom. The Labute approximate surface area is 91.6 Å². The summed E-state index contributed by atoms with van der Waals surface area (Å²) in [6.07, 6.45) is 4.22. The summed E-state index contributed by atoms with van der Waals surface area (Å²) in [5.74, 6) is 0.0162. The van der Waals surface area contributed by atoms with Crippen LogP contribution in [0.4, 0.5) is 0 Å². The number of carbonyl (C=O) groups excluding carboxylic acids is 1. The molecule has 2 rings (SSSR count). The zero-order chi connectivity index (χ0) is 11.1. The van der Waals surface area contributed by atoms with Crippen LogP contribution in [0.5, 0.6) is 0 Å². The second-order valence-corrected chi connectivity index (χ2v) is 5.81. The van der Waals surface area contributed by atoms with Crippen molar-refractivity contribution in [3.63, 3.8) is 0 Å². The minimum Gasteiger partial charge on any atom is -0.459 e. The van der Waals surface area contributed by atoms with E-state index in [1.807, 2.05) is 20.8 Å². The predicted molar refractivity (Wildman–Crippen MR) is 58.5 cm³/mol. The Morgan fingerprint density at radius 2 is 2.13 bits per heavy atom. The van der Waals surface area contributed by atoms with Gasteiger partial charge in [-0.1, -0.05) is 6.42 Å². The van der Waals surface area contributed by atoms with Crippen LogP contribution in [0, 0.1) is 5.41 Å². The molecule has 0 amide bonds. The highest BCUT2D eigenvalue weighted by Crippen LogP contribution is 2.46. The molecule has 1 aliphatic carbocycles. The summed E-state index contributed by atoms with van der Waals surface area (Å²) >= 11 is 0. The van der Waals surface area contributed by atoms with Gasteiger partial charge in [-0.3, -0.25) is 4.79 Å². The van der Waals surface area contributed by atoms with Crippen molar-refractivity contribution in [2.75, 3.05) is 6.54 Å². The second-order valence-electron chi connectivity index (χ2n) is 5.81. The van der Waals surface area contributed by atoms with Crippen LogP contribution < -0.4 is 5.32 Å². The van der Waals surface area contributed by atoms with E-state index >= 15 is 0 Å². The lowest BCUT2D eigenvalue weighted by Gasteiger charge is -2.30. The van der Waals surface area contributed by atoms with E-state index in [1.54, 1.807) is 0 Å². The van der Waals surface area contributed by atoms with Gasteiger partial charge in [0.1, 0.15) is 5.60 Å². The van der Waals surface area contributed by atoms with E-state index in [-0.39, 0.29) is 17.0 Å². The SMILES string of the molecule is CC(C)(C)OC(=O)[C@]12CCC[C@H]1NCC2. The van der Waals surface area contributed by atoms with Gasteiger partial charge in [-0.2, -0.15) is 0 Å². The summed E-state index contributed by atoms with van der Waals surface area (Å²) in [5, 5.41) is 3.43. The fourth-order valence-corrected chi connectivity index (χ4v) is 2.86. The summed E-state index contributed by atoms with van der Waals surface area (Å²) in [4.78, 5) is 12.2. The summed E-state index contributed by atoms with van der Waals surface area (Å²) in [7, 11) is 0. The standard InChI is InChI=1S/C12H21NO2/c1-11(2,3)15-10(14)12-6-4-5-9(12)13-8-7-12/h9,13H,4-8H2,1-3H3/t9-,12+/m1/s1. The van der Waals surface area contributed by atoms with E-state index in [9.17, 15) is 4.79 Å². The van der Waals surface area contributed by atoms with Crippen LogP contribution in [0.3, 0.4) is 0 Å². The first kappa shape index (κ1) is 10.9. The van der Waals surface area contributed by atoms with Gasteiger partial charge in [-0.25, -0.2) is 0 Å². The van der Waals surface area contributed by atoms with Crippen molar-refractivity contribution in [1.29, 1.82) is 0 Å². The summed E-state index contributed by atoms with van der Waals surface area (Å²) < 4.78 is 5.55. The maximum Gasteiger partial charge on any atom is 0.314 e. The Balaban J connectivity index is 2.11. The number of ether oxygens (including phenoxy) is 1. The molecule has 86 valence electrons. The molecule has 1 saturated carbocycles. The monoisotopic (exact) mass is 211 g/mol. The highest BCUT2D eigenvalue weighted by atomic mass is 16.6. The largest absolute Gasteiger partial charge is 0.459 e. The van der Waals surface area contributed by atoms with Gasteiger partial charge < -0.3 is 10.1 Å². The van der Waals surface area contributed by atoms with Crippen molar-refractivity contribution in [2.24, 2.45) is 5.41 Å². The molecular weight excluding hydrogens is 190 g/mol. The van der Waals surface area contributed by atoms with Crippen molar-refractivity contribution in [3.8, 4) is 0 Å². The zero-order valence-corrected chi connectivity index (χ0v) is 9.93. The Hall–Kier alpha value is -0.570. The van der Waals surface area contributed by atoms with Gasteiger partial charge in [-0.05, 0) is 46.6 Å². The van der Waals surface area contributed by atoms with E-state index in [2.05, 4.69) is 5.32 Å². The number of hydrogen-bond acceptors (Lipinski definition) is 3. The van der Waals surface area contributed by atoms with E-state index in [0.717, 1.165) is 32.2 Å². The predicted octanol–water partition coefficient (Wildman–Crippen LogP) is 1.86. The normalized spacial score (nSPS) is 35.3. The molecule has 0 aromatic carbocycles. The molecule has 2 aliphatic rings. The van der Waals surface area contributed by atoms with Crippen molar-refractivity contribution in [1.82, 2.24) is 5.32 Å². The summed E-state index contributed by atoms with van der Waals surface area (Å²) in [6.45, 7) is 6.78. The number of nitrogens with one attached hydrogen (secondary N) is 1. The van der Waals surface area contributed by atoms with Gasteiger partial charge in [0.15, 0.2) is 0 Å². The molecule has 2 atom stereocenters. The lowest BCUT2D eigenvalue weighted by Crippen LogP contribution is -2.42. The van der Waals surface area contributed by atoms with Gasteiger partial charge in [0.05, 0.1) is 5.41 Å². The van der Waals surface area contributed by atoms with E-state index < -0.39 is 0 Å². The fourth-order valence-electron chi connectivity index (χ4n) is 2.86. The van der Waals surface area contributed by atoms with Crippen LogP contribution >= 0.6 is 0 Å². The molecule has 1 heterocycles. The molecule has 0 radical (unpaired) electrons. The van der Waals surface area contributed by atoms with Gasteiger partial charge >= 0.3 is 5.97 Å². The van der Waals surface area contributed by atoms with Crippen LogP contribution in [0.15, 0.2) is 0 Å². The van der Waals surface area contributed by atoms with Crippen LogP contribution in [0.2, 0.25) is 0 Å². The lowest BCUT2D eigenvalue weighted by atomic mass is 9.82. The molecule has 0 unspecified atom stereocenters. The minimum atomic E-state index is -0.360. The van der Waals surface area contributed by atoms with E-state index in [1.165, 1.54) is 0 Å². The molecule has 3 nitrogen and oxygen atoms in total. The molecular formula is C12H21NO2. The Kier molecular flexibility index (Phi) is 2.53. The number of carbonyl (C=O) groups is 1. The van der Waals surface area contributed by atoms with Gasteiger partial charge in [0.25, 0.3) is 0 Å². The number of hydrogen-bond donors (Lipinski definition) is 1. The highest BCUT2D eigenvalue weighted by Gasteiger charge is 2.53. The molecule has 0 aromatic rings. The third-order valence-corrected chi connectivity index (χ3v) is 3.55. The summed E-state index contributed by atoms with van der Waals surface area (Å²) in [5.41, 5.74) is -0.561. The molecule has 0 bridgehead atoms. The van der Waals surface area contributed by atoms with Crippen molar-refractivity contribution in [2.45, 2.75) is 58.1 Å². The average Bonchev–Trinajstić information content (AvgIpc) is 2.55. The van der Waals surface area contributed by atoms with Crippen molar-refractivity contribution >= 4 is 5.97 Å². The first-order valence-corrected chi connectivity index (χ1v) is 5.91. The van der Waals surface area contributed by atoms with E-state index in [0.29, 0.717) is 6.04 Å². The molecule has 1 saturated heterocycles. The summed E-state index contributed by atoms with van der Waals surface area (Å²) in [6, 6.07) is 0.368. The van der Waals surface area contributed by atoms with Crippen LogP contribution in [0.1, 0.15) is 46.5 Å². The van der Waals surface area contributed by atoms with Gasteiger partial charge in [0, 0.05) is 6.04 Å².